The molecule has 0 fully saturated rings. The summed E-state index contributed by atoms with van der Waals surface area (Å²) in [6.45, 7) is 1.66. The van der Waals surface area contributed by atoms with Crippen molar-refractivity contribution in [2.24, 2.45) is 5.73 Å². The fraction of sp³-hybridized carbons (Fsp3) is 0.200. The minimum atomic E-state index is -0.951. The van der Waals surface area contributed by atoms with Crippen molar-refractivity contribution in [3.05, 3.63) is 64.7 Å². The van der Waals surface area contributed by atoms with Crippen LogP contribution in [0, 0.1) is 6.92 Å². The molecule has 1 atom stereocenters. The Morgan fingerprint density at radius 1 is 1.25 bits per heavy atom. The van der Waals surface area contributed by atoms with Crippen molar-refractivity contribution in [2.75, 3.05) is 11.4 Å². The monoisotopic (exact) mass is 378 g/mol. The predicted octanol–water partition coefficient (Wildman–Crippen LogP) is 0.984. The predicted molar refractivity (Wildman–Crippen MR) is 103 cm³/mol. The number of nitrogens with two attached hydrogens (primary N) is 1. The van der Waals surface area contributed by atoms with Crippen LogP contribution < -0.4 is 20.9 Å². The van der Waals surface area contributed by atoms with Crippen LogP contribution in [0.4, 0.5) is 5.69 Å². The molecule has 0 saturated heterocycles. The molecule has 1 aliphatic rings. The number of hydrogen-bond donors (Lipinski definition) is 1. The molecule has 0 aliphatic carbocycles. The molecule has 0 bridgehead atoms. The van der Waals surface area contributed by atoms with Crippen molar-refractivity contribution >= 4 is 28.4 Å². The molecule has 0 unspecified atom stereocenters. The number of ether oxygens (including phenoxy) is 1. The van der Waals surface area contributed by atoms with E-state index in [9.17, 15) is 14.4 Å². The van der Waals surface area contributed by atoms with Gasteiger partial charge in [-0.1, -0.05) is 23.8 Å². The molecule has 1 aromatic heterocycles. The third kappa shape index (κ3) is 3.09. The molecule has 2 N–H and O–H groups in total. The van der Waals surface area contributed by atoms with E-state index in [4.69, 9.17) is 10.5 Å². The summed E-state index contributed by atoms with van der Waals surface area (Å²) in [5.74, 6) is -0.629. The van der Waals surface area contributed by atoms with Crippen LogP contribution in [-0.4, -0.2) is 34.0 Å². The van der Waals surface area contributed by atoms with Crippen LogP contribution in [0.5, 0.6) is 5.75 Å². The number of para-hydroxylation sites is 2. The Labute approximate surface area is 160 Å². The Balaban J connectivity index is 1.68. The highest BCUT2D eigenvalue weighted by molar-refractivity contribution is 5.97. The van der Waals surface area contributed by atoms with Crippen LogP contribution in [0.15, 0.2) is 53.6 Å². The lowest BCUT2D eigenvalue weighted by Gasteiger charge is -2.33. The smallest absolute Gasteiger partial charge is 0.261 e. The number of anilines is 1. The maximum Gasteiger partial charge on any atom is 0.261 e. The van der Waals surface area contributed by atoms with Gasteiger partial charge in [0.1, 0.15) is 12.3 Å². The number of carbonyl (C=O) groups is 2. The number of amides is 2. The van der Waals surface area contributed by atoms with E-state index in [0.717, 1.165) is 5.56 Å². The van der Waals surface area contributed by atoms with Gasteiger partial charge in [0.05, 0.1) is 29.5 Å². The largest absolute Gasteiger partial charge is 0.477 e. The summed E-state index contributed by atoms with van der Waals surface area (Å²) in [4.78, 5) is 43.1. The van der Waals surface area contributed by atoms with Crippen LogP contribution in [0.2, 0.25) is 0 Å². The first-order valence-electron chi connectivity index (χ1n) is 8.75. The average Bonchev–Trinajstić information content (AvgIpc) is 2.69. The zero-order chi connectivity index (χ0) is 19.8. The van der Waals surface area contributed by atoms with Gasteiger partial charge >= 0.3 is 0 Å². The SMILES string of the molecule is Cc1ccc2ncn(CC(=O)N3C[C@H](C(N)=O)Oc4ccccc43)c(=O)c2c1. The van der Waals surface area contributed by atoms with Crippen LogP contribution in [0.3, 0.4) is 0 Å². The maximum atomic E-state index is 13.0. The first kappa shape index (κ1) is 17.7. The first-order chi connectivity index (χ1) is 13.4. The van der Waals surface area contributed by atoms with Gasteiger partial charge in [0.25, 0.3) is 11.5 Å². The molecule has 8 heteroatoms. The van der Waals surface area contributed by atoms with Gasteiger partial charge < -0.3 is 15.4 Å². The summed E-state index contributed by atoms with van der Waals surface area (Å²) in [5.41, 5.74) is 7.11. The fourth-order valence-electron chi connectivity index (χ4n) is 3.24. The van der Waals surface area contributed by atoms with E-state index in [1.54, 1.807) is 36.4 Å². The number of nitrogens with zero attached hydrogens (tertiary/aromatic N) is 3. The quantitative estimate of drug-likeness (QED) is 0.731. The number of primary amides is 1. The van der Waals surface area contributed by atoms with Crippen molar-refractivity contribution in [1.82, 2.24) is 9.55 Å². The standard InChI is InChI=1S/C20H18N4O4/c1-12-6-7-14-13(8-12)20(27)23(11-22-14)10-18(25)24-9-17(19(21)26)28-16-5-3-2-4-15(16)24/h2-8,11,17H,9-10H2,1H3,(H2,21,26)/t17-/m1/s1. The summed E-state index contributed by atoms with van der Waals surface area (Å²) in [7, 11) is 0. The number of fused-ring (bicyclic) bond motifs is 2. The molecule has 3 aromatic rings. The van der Waals surface area contributed by atoms with Crippen LogP contribution in [-0.2, 0) is 16.1 Å². The number of aromatic nitrogens is 2. The molecule has 8 nitrogen and oxygen atoms in total. The van der Waals surface area contributed by atoms with Crippen molar-refractivity contribution in [3.63, 3.8) is 0 Å². The maximum absolute atomic E-state index is 13.0. The van der Waals surface area contributed by atoms with E-state index in [2.05, 4.69) is 4.98 Å². The Morgan fingerprint density at radius 3 is 2.82 bits per heavy atom. The van der Waals surface area contributed by atoms with Gasteiger partial charge in [-0.15, -0.1) is 0 Å². The lowest BCUT2D eigenvalue weighted by atomic mass is 10.1. The molecule has 2 heterocycles. The molecule has 142 valence electrons. The van der Waals surface area contributed by atoms with Crippen LogP contribution in [0.1, 0.15) is 5.56 Å². The molecular formula is C20H18N4O4. The van der Waals surface area contributed by atoms with E-state index in [0.29, 0.717) is 22.3 Å². The highest BCUT2D eigenvalue weighted by Crippen LogP contribution is 2.33. The molecule has 0 radical (unpaired) electrons. The normalized spacial score (nSPS) is 15.8. The number of hydrogen-bond acceptors (Lipinski definition) is 5. The van der Waals surface area contributed by atoms with Crippen LogP contribution in [0.25, 0.3) is 10.9 Å². The topological polar surface area (TPSA) is 108 Å². The molecular weight excluding hydrogens is 360 g/mol. The summed E-state index contributed by atoms with van der Waals surface area (Å²) < 4.78 is 6.83. The first-order valence-corrected chi connectivity index (χ1v) is 8.75. The van der Waals surface area contributed by atoms with Gasteiger partial charge in [0, 0.05) is 0 Å². The third-order valence-electron chi connectivity index (χ3n) is 4.68. The third-order valence-corrected chi connectivity index (χ3v) is 4.68. The summed E-state index contributed by atoms with van der Waals surface area (Å²) in [6.07, 6.45) is 0.406. The molecule has 28 heavy (non-hydrogen) atoms. The van der Waals surface area contributed by atoms with Crippen molar-refractivity contribution < 1.29 is 14.3 Å². The highest BCUT2D eigenvalue weighted by atomic mass is 16.5. The van der Waals surface area contributed by atoms with Gasteiger partial charge in [-0.25, -0.2) is 4.98 Å². The summed E-state index contributed by atoms with van der Waals surface area (Å²) >= 11 is 0. The van der Waals surface area contributed by atoms with E-state index >= 15 is 0 Å². The van der Waals surface area contributed by atoms with Gasteiger partial charge in [0.2, 0.25) is 5.91 Å². The molecule has 2 amide bonds. The number of rotatable bonds is 3. The Morgan fingerprint density at radius 2 is 2.04 bits per heavy atom. The zero-order valence-corrected chi connectivity index (χ0v) is 15.2. The number of carbonyl (C=O) groups excluding carboxylic acids is 2. The van der Waals surface area contributed by atoms with E-state index < -0.39 is 12.0 Å². The average molecular weight is 378 g/mol. The molecule has 0 saturated carbocycles. The van der Waals surface area contributed by atoms with Crippen LogP contribution >= 0.6 is 0 Å². The second-order valence-corrected chi connectivity index (χ2v) is 6.68. The molecule has 0 spiro atoms. The number of benzene rings is 2. The Bertz CT molecular complexity index is 1150. The van der Waals surface area contributed by atoms with E-state index in [1.165, 1.54) is 15.8 Å². The lowest BCUT2D eigenvalue weighted by molar-refractivity contribution is -0.125. The van der Waals surface area contributed by atoms with Crippen molar-refractivity contribution in [3.8, 4) is 5.75 Å². The number of aryl methyl sites for hydroxylation is 1. The van der Waals surface area contributed by atoms with Crippen molar-refractivity contribution in [1.29, 1.82) is 0 Å². The van der Waals surface area contributed by atoms with Crippen molar-refractivity contribution in [2.45, 2.75) is 19.6 Å². The Hall–Kier alpha value is -3.68. The lowest BCUT2D eigenvalue weighted by Crippen LogP contribution is -2.50. The second-order valence-electron chi connectivity index (χ2n) is 6.68. The van der Waals surface area contributed by atoms with Gasteiger partial charge in [-0.2, -0.15) is 0 Å². The zero-order valence-electron chi connectivity index (χ0n) is 15.2. The molecule has 2 aromatic carbocycles. The minimum Gasteiger partial charge on any atom is -0.477 e. The van der Waals surface area contributed by atoms with E-state index in [1.807, 2.05) is 13.0 Å². The minimum absolute atomic E-state index is 0.0138. The molecule has 1 aliphatic heterocycles. The summed E-state index contributed by atoms with van der Waals surface area (Å²) in [5, 5.41) is 0.452. The Kier molecular flexibility index (Phi) is 4.31. The fourth-order valence-corrected chi connectivity index (χ4v) is 3.24. The molecule has 4 rings (SSSR count). The van der Waals surface area contributed by atoms with Gasteiger partial charge in [0.15, 0.2) is 6.10 Å². The second kappa shape index (κ2) is 6.80. The summed E-state index contributed by atoms with van der Waals surface area (Å²) in [6, 6.07) is 12.3. The highest BCUT2D eigenvalue weighted by Gasteiger charge is 2.32. The van der Waals surface area contributed by atoms with Gasteiger partial charge in [-0.3, -0.25) is 19.0 Å². The van der Waals surface area contributed by atoms with E-state index in [-0.39, 0.29) is 24.6 Å². The van der Waals surface area contributed by atoms with Gasteiger partial charge in [-0.05, 0) is 31.2 Å².